The lowest BCUT2D eigenvalue weighted by Gasteiger charge is -2.05. The van der Waals surface area contributed by atoms with Crippen molar-refractivity contribution in [1.82, 2.24) is 5.32 Å². The zero-order valence-corrected chi connectivity index (χ0v) is 10.8. The molecule has 0 saturated carbocycles. The molecule has 6 heteroatoms. The lowest BCUT2D eigenvalue weighted by molar-refractivity contribution is -0.385. The number of nitrogens with one attached hydrogen (secondary N) is 1. The van der Waals surface area contributed by atoms with Gasteiger partial charge < -0.3 is 5.32 Å². The van der Waals surface area contributed by atoms with Gasteiger partial charge in [0.05, 0.1) is 4.92 Å². The van der Waals surface area contributed by atoms with Crippen molar-refractivity contribution in [3.63, 3.8) is 0 Å². The van der Waals surface area contributed by atoms with Crippen molar-refractivity contribution in [3.8, 4) is 0 Å². The minimum absolute atomic E-state index is 0.00597. The summed E-state index contributed by atoms with van der Waals surface area (Å²) in [5.41, 5.74) is 0.855. The summed E-state index contributed by atoms with van der Waals surface area (Å²) in [7, 11) is 0. The highest BCUT2D eigenvalue weighted by molar-refractivity contribution is 9.11. The summed E-state index contributed by atoms with van der Waals surface area (Å²) in [6.45, 7) is 5.50. The van der Waals surface area contributed by atoms with Gasteiger partial charge in [-0.3, -0.25) is 14.9 Å². The van der Waals surface area contributed by atoms with Crippen LogP contribution >= 0.6 is 15.9 Å². The van der Waals surface area contributed by atoms with Crippen LogP contribution in [0.2, 0.25) is 0 Å². The number of benzene rings is 1. The summed E-state index contributed by atoms with van der Waals surface area (Å²) in [4.78, 5) is 21.8. The monoisotopic (exact) mass is 298 g/mol. The molecule has 0 unspecified atom stereocenters. The van der Waals surface area contributed by atoms with Gasteiger partial charge in [0.2, 0.25) is 0 Å². The molecular weight excluding hydrogens is 288 g/mol. The van der Waals surface area contributed by atoms with Crippen LogP contribution in [0.25, 0.3) is 0 Å². The van der Waals surface area contributed by atoms with Crippen molar-refractivity contribution in [3.05, 3.63) is 50.5 Å². The molecule has 0 aliphatic carbocycles. The molecule has 0 spiro atoms. The lowest BCUT2D eigenvalue weighted by Crippen LogP contribution is -2.24. The first-order chi connectivity index (χ1) is 7.91. The first kappa shape index (κ1) is 13.4. The molecule has 0 fully saturated rings. The highest BCUT2D eigenvalue weighted by Crippen LogP contribution is 2.18. The Morgan fingerprint density at radius 3 is 2.71 bits per heavy atom. The van der Waals surface area contributed by atoms with E-state index in [4.69, 9.17) is 0 Å². The summed E-state index contributed by atoms with van der Waals surface area (Å²) >= 11 is 3.12. The summed E-state index contributed by atoms with van der Waals surface area (Å²) < 4.78 is 0.657. The zero-order chi connectivity index (χ0) is 13.0. The summed E-state index contributed by atoms with van der Waals surface area (Å²) in [5, 5.41) is 13.2. The third-order valence-electron chi connectivity index (χ3n) is 2.10. The van der Waals surface area contributed by atoms with Crippen LogP contribution < -0.4 is 5.32 Å². The molecule has 0 atom stereocenters. The molecule has 1 rings (SSSR count). The Hall–Kier alpha value is -1.69. The number of carbonyl (C=O) groups excluding carboxylic acids is 1. The van der Waals surface area contributed by atoms with Crippen LogP contribution in [-0.4, -0.2) is 17.4 Å². The predicted molar refractivity (Wildman–Crippen MR) is 68.2 cm³/mol. The largest absolute Gasteiger partial charge is 0.347 e. The quantitative estimate of drug-likeness (QED) is 0.686. The van der Waals surface area contributed by atoms with E-state index in [2.05, 4.69) is 27.8 Å². The number of aryl methyl sites for hydroxylation is 1. The van der Waals surface area contributed by atoms with E-state index < -0.39 is 4.92 Å². The van der Waals surface area contributed by atoms with Gasteiger partial charge in [-0.05, 0) is 19.1 Å². The van der Waals surface area contributed by atoms with E-state index in [1.54, 1.807) is 6.92 Å². The van der Waals surface area contributed by atoms with Gasteiger partial charge in [0, 0.05) is 28.2 Å². The molecule has 0 aliphatic rings. The van der Waals surface area contributed by atoms with Crippen LogP contribution in [0.1, 0.15) is 15.9 Å². The Morgan fingerprint density at radius 2 is 2.24 bits per heavy atom. The summed E-state index contributed by atoms with van der Waals surface area (Å²) in [6.07, 6.45) is 0. The van der Waals surface area contributed by atoms with Crippen LogP contribution in [0.5, 0.6) is 0 Å². The van der Waals surface area contributed by atoms with Gasteiger partial charge in [-0.1, -0.05) is 22.5 Å². The van der Waals surface area contributed by atoms with Crippen molar-refractivity contribution in [2.45, 2.75) is 6.92 Å². The van der Waals surface area contributed by atoms with E-state index in [-0.39, 0.29) is 11.6 Å². The molecule has 0 radical (unpaired) electrons. The Bertz CT molecular complexity index is 486. The molecule has 90 valence electrons. The summed E-state index contributed by atoms with van der Waals surface area (Å²) in [6, 6.07) is 4.25. The van der Waals surface area contributed by atoms with Crippen LogP contribution in [0.4, 0.5) is 5.69 Å². The van der Waals surface area contributed by atoms with Crippen molar-refractivity contribution >= 4 is 27.5 Å². The molecule has 1 aromatic carbocycles. The lowest BCUT2D eigenvalue weighted by atomic mass is 10.1. The highest BCUT2D eigenvalue weighted by Gasteiger charge is 2.13. The maximum absolute atomic E-state index is 11.6. The zero-order valence-electron chi connectivity index (χ0n) is 9.20. The summed E-state index contributed by atoms with van der Waals surface area (Å²) in [5.74, 6) is -0.288. The molecular formula is C11H11BrN2O3. The maximum atomic E-state index is 11.6. The topological polar surface area (TPSA) is 72.2 Å². The Balaban J connectivity index is 2.86. The van der Waals surface area contributed by atoms with E-state index >= 15 is 0 Å². The maximum Gasteiger partial charge on any atom is 0.272 e. The minimum atomic E-state index is -0.475. The van der Waals surface area contributed by atoms with Crippen molar-refractivity contribution in [2.75, 3.05) is 6.54 Å². The number of hydrogen-bond acceptors (Lipinski definition) is 3. The number of halogens is 1. The van der Waals surface area contributed by atoms with E-state index in [9.17, 15) is 14.9 Å². The van der Waals surface area contributed by atoms with Gasteiger partial charge in [0.15, 0.2) is 0 Å². The second kappa shape index (κ2) is 5.58. The average Bonchev–Trinajstić information content (AvgIpc) is 2.25. The number of nitrogens with zero attached hydrogens (tertiary/aromatic N) is 1. The molecule has 1 aromatic rings. The number of amides is 1. The third kappa shape index (κ3) is 3.67. The molecule has 0 aliphatic heterocycles. The van der Waals surface area contributed by atoms with Gasteiger partial charge in [0.1, 0.15) is 0 Å². The SMILES string of the molecule is C=C(Br)CNC(=O)c1ccc([N+](=O)[O-])c(C)c1. The first-order valence-corrected chi connectivity index (χ1v) is 5.57. The van der Waals surface area contributed by atoms with Gasteiger partial charge in [0.25, 0.3) is 11.6 Å². The van der Waals surface area contributed by atoms with Gasteiger partial charge in [-0.2, -0.15) is 0 Å². The standard InChI is InChI=1S/C11H11BrN2O3/c1-7-5-9(3-4-10(7)14(16)17)11(15)13-6-8(2)12/h3-5H,2,6H2,1H3,(H,13,15). The second-order valence-corrected chi connectivity index (χ2v) is 4.58. The van der Waals surface area contributed by atoms with Gasteiger partial charge in [-0.15, -0.1) is 0 Å². The molecule has 0 heterocycles. The van der Waals surface area contributed by atoms with E-state index in [1.165, 1.54) is 18.2 Å². The van der Waals surface area contributed by atoms with Crippen LogP contribution in [0, 0.1) is 17.0 Å². The Morgan fingerprint density at radius 1 is 1.59 bits per heavy atom. The molecule has 1 amide bonds. The number of carbonyl (C=O) groups is 1. The Labute approximate surface area is 107 Å². The molecule has 0 saturated heterocycles. The van der Waals surface area contributed by atoms with E-state index in [1.807, 2.05) is 0 Å². The molecule has 17 heavy (non-hydrogen) atoms. The Kier molecular flexibility index (Phi) is 4.39. The predicted octanol–water partition coefficient (Wildman–Crippen LogP) is 2.54. The van der Waals surface area contributed by atoms with Crippen LogP contribution in [0.15, 0.2) is 29.3 Å². The van der Waals surface area contributed by atoms with Crippen LogP contribution in [0.3, 0.4) is 0 Å². The fourth-order valence-electron chi connectivity index (χ4n) is 1.28. The van der Waals surface area contributed by atoms with Crippen LogP contribution in [-0.2, 0) is 0 Å². The number of hydrogen-bond donors (Lipinski definition) is 1. The molecule has 0 aromatic heterocycles. The number of nitro groups is 1. The highest BCUT2D eigenvalue weighted by atomic mass is 79.9. The normalized spacial score (nSPS) is 9.76. The molecule has 5 nitrogen and oxygen atoms in total. The molecule has 0 bridgehead atoms. The first-order valence-electron chi connectivity index (χ1n) is 4.78. The minimum Gasteiger partial charge on any atom is -0.347 e. The fourth-order valence-corrected chi connectivity index (χ4v) is 1.42. The second-order valence-electron chi connectivity index (χ2n) is 3.46. The smallest absolute Gasteiger partial charge is 0.272 e. The van der Waals surface area contributed by atoms with E-state index in [0.29, 0.717) is 22.2 Å². The fraction of sp³-hybridized carbons (Fsp3) is 0.182. The molecule has 1 N–H and O–H groups in total. The van der Waals surface area contributed by atoms with Gasteiger partial charge in [-0.25, -0.2) is 0 Å². The average molecular weight is 299 g/mol. The number of rotatable bonds is 4. The van der Waals surface area contributed by atoms with Crippen molar-refractivity contribution in [2.24, 2.45) is 0 Å². The number of nitro benzene ring substituents is 1. The van der Waals surface area contributed by atoms with E-state index in [0.717, 1.165) is 0 Å². The van der Waals surface area contributed by atoms with Crippen molar-refractivity contribution in [1.29, 1.82) is 0 Å². The van der Waals surface area contributed by atoms with Gasteiger partial charge >= 0.3 is 0 Å². The van der Waals surface area contributed by atoms with Crippen molar-refractivity contribution < 1.29 is 9.72 Å². The third-order valence-corrected chi connectivity index (χ3v) is 2.38.